The fourth-order valence-corrected chi connectivity index (χ4v) is 4.86. The molecule has 3 rings (SSSR count). The third kappa shape index (κ3) is 2.71. The predicted molar refractivity (Wildman–Crippen MR) is 94.1 cm³/mol. The molecule has 120 valence electrons. The third-order valence-electron chi connectivity index (χ3n) is 3.70. The van der Waals surface area contributed by atoms with Crippen molar-refractivity contribution >= 4 is 36.9 Å². The number of methoxy groups -OCH3 is 1. The van der Waals surface area contributed by atoms with Crippen LogP contribution in [-0.2, 0) is 21.4 Å². The van der Waals surface area contributed by atoms with Crippen molar-refractivity contribution < 1.29 is 13.2 Å². The summed E-state index contributed by atoms with van der Waals surface area (Å²) in [5.74, 6) is 0. The van der Waals surface area contributed by atoms with Crippen LogP contribution < -0.4 is 0 Å². The van der Waals surface area contributed by atoms with Gasteiger partial charge in [0.25, 0.3) is 10.0 Å². The average molecular weight is 394 g/mol. The van der Waals surface area contributed by atoms with Gasteiger partial charge in [0.1, 0.15) is 0 Å². The number of hydrogen-bond donors (Lipinski definition) is 0. The van der Waals surface area contributed by atoms with Crippen LogP contribution in [0, 0.1) is 6.92 Å². The number of aromatic nitrogens is 1. The van der Waals surface area contributed by atoms with Crippen LogP contribution in [0.5, 0.6) is 0 Å². The molecule has 0 bridgehead atoms. The van der Waals surface area contributed by atoms with Crippen LogP contribution in [0.1, 0.15) is 11.3 Å². The summed E-state index contributed by atoms with van der Waals surface area (Å²) in [6, 6.07) is 14.2. The Hall–Kier alpha value is -1.63. The Kier molecular flexibility index (Phi) is 4.31. The molecule has 0 radical (unpaired) electrons. The molecule has 2 aromatic carbocycles. The maximum absolute atomic E-state index is 13.2. The van der Waals surface area contributed by atoms with Crippen molar-refractivity contribution in [1.29, 1.82) is 0 Å². The summed E-state index contributed by atoms with van der Waals surface area (Å²) in [6.45, 7) is 2.12. The maximum Gasteiger partial charge on any atom is 0.268 e. The zero-order chi connectivity index (χ0) is 16.6. The Labute approximate surface area is 143 Å². The fraction of sp³-hybridized carbons (Fsp3) is 0.176. The molecule has 0 fully saturated rings. The molecule has 4 nitrogen and oxygen atoms in total. The van der Waals surface area contributed by atoms with E-state index in [0.717, 1.165) is 15.4 Å². The van der Waals surface area contributed by atoms with Gasteiger partial charge in [0.2, 0.25) is 0 Å². The molecule has 3 aromatic rings. The largest absolute Gasteiger partial charge is 0.378 e. The number of nitrogens with zero attached hydrogens (tertiary/aromatic N) is 1. The molecule has 0 amide bonds. The third-order valence-corrected chi connectivity index (χ3v) is 6.35. The molecule has 0 N–H and O–H groups in total. The van der Waals surface area contributed by atoms with Crippen LogP contribution in [0.2, 0.25) is 0 Å². The maximum atomic E-state index is 13.2. The van der Waals surface area contributed by atoms with E-state index >= 15 is 0 Å². The minimum absolute atomic E-state index is 0.195. The van der Waals surface area contributed by atoms with Crippen molar-refractivity contribution in [2.24, 2.45) is 0 Å². The number of halogens is 1. The minimum atomic E-state index is -3.71. The quantitative estimate of drug-likeness (QED) is 0.670. The van der Waals surface area contributed by atoms with Crippen LogP contribution >= 0.6 is 15.9 Å². The van der Waals surface area contributed by atoms with E-state index in [9.17, 15) is 8.42 Å². The van der Waals surface area contributed by atoms with Gasteiger partial charge in [-0.05, 0) is 41.1 Å². The van der Waals surface area contributed by atoms with Gasteiger partial charge < -0.3 is 4.74 Å². The van der Waals surface area contributed by atoms with E-state index in [1.165, 1.54) is 3.97 Å². The van der Waals surface area contributed by atoms with Crippen molar-refractivity contribution in [2.75, 3.05) is 7.11 Å². The number of aryl methyl sites for hydroxylation is 1. The summed E-state index contributed by atoms with van der Waals surface area (Å²) in [7, 11) is -2.16. The molecule has 0 aliphatic carbocycles. The molecule has 0 aliphatic rings. The van der Waals surface area contributed by atoms with Crippen LogP contribution in [0.15, 0.2) is 57.9 Å². The Morgan fingerprint density at radius 1 is 1.09 bits per heavy atom. The second-order valence-corrected chi connectivity index (χ2v) is 7.87. The lowest BCUT2D eigenvalue weighted by atomic mass is 10.2. The zero-order valence-electron chi connectivity index (χ0n) is 12.8. The first kappa shape index (κ1) is 16.2. The van der Waals surface area contributed by atoms with Gasteiger partial charge in [-0.2, -0.15) is 0 Å². The lowest BCUT2D eigenvalue weighted by Crippen LogP contribution is -2.16. The molecule has 0 saturated carbocycles. The monoisotopic (exact) mass is 393 g/mol. The summed E-state index contributed by atoms with van der Waals surface area (Å²) >= 11 is 3.52. The topological polar surface area (TPSA) is 48.3 Å². The zero-order valence-corrected chi connectivity index (χ0v) is 15.2. The minimum Gasteiger partial charge on any atom is -0.378 e. The van der Waals surface area contributed by atoms with Crippen LogP contribution in [0.4, 0.5) is 0 Å². The van der Waals surface area contributed by atoms with Gasteiger partial charge >= 0.3 is 0 Å². The summed E-state index contributed by atoms with van der Waals surface area (Å²) in [5.41, 5.74) is 2.22. The first-order valence-electron chi connectivity index (χ1n) is 7.06. The lowest BCUT2D eigenvalue weighted by Gasteiger charge is -2.12. The molecule has 1 aromatic heterocycles. The Morgan fingerprint density at radius 3 is 2.39 bits per heavy atom. The van der Waals surface area contributed by atoms with Gasteiger partial charge in [-0.1, -0.05) is 35.9 Å². The normalized spacial score (nSPS) is 12.0. The van der Waals surface area contributed by atoms with Crippen molar-refractivity contribution in [3.8, 4) is 0 Å². The van der Waals surface area contributed by atoms with Gasteiger partial charge in [0.15, 0.2) is 0 Å². The van der Waals surface area contributed by atoms with Gasteiger partial charge in [-0.3, -0.25) is 0 Å². The van der Waals surface area contributed by atoms with E-state index in [2.05, 4.69) is 15.9 Å². The number of benzene rings is 2. The molecule has 0 aliphatic heterocycles. The molecule has 1 heterocycles. The molecule has 0 atom stereocenters. The lowest BCUT2D eigenvalue weighted by molar-refractivity contribution is 0.180. The Balaban J connectivity index is 2.34. The molecular weight excluding hydrogens is 378 g/mol. The van der Waals surface area contributed by atoms with Crippen molar-refractivity contribution in [3.63, 3.8) is 0 Å². The first-order valence-corrected chi connectivity index (χ1v) is 9.29. The van der Waals surface area contributed by atoms with Crippen LogP contribution in [0.25, 0.3) is 10.9 Å². The van der Waals surface area contributed by atoms with E-state index in [-0.39, 0.29) is 11.5 Å². The molecule has 6 heteroatoms. The molecule has 0 spiro atoms. The fourth-order valence-electron chi connectivity index (χ4n) is 2.58. The van der Waals surface area contributed by atoms with Gasteiger partial charge in [0, 0.05) is 17.0 Å². The number of fused-ring (bicyclic) bond motifs is 1. The number of ether oxygens (including phenoxy) is 1. The van der Waals surface area contributed by atoms with E-state index in [0.29, 0.717) is 11.2 Å². The van der Waals surface area contributed by atoms with Crippen molar-refractivity contribution in [1.82, 2.24) is 3.97 Å². The van der Waals surface area contributed by atoms with Crippen LogP contribution in [0.3, 0.4) is 0 Å². The second-order valence-electron chi connectivity index (χ2n) is 5.29. The molecule has 0 saturated heterocycles. The highest BCUT2D eigenvalue weighted by atomic mass is 79.9. The van der Waals surface area contributed by atoms with E-state index in [1.807, 2.05) is 25.1 Å². The van der Waals surface area contributed by atoms with Gasteiger partial charge in [-0.25, -0.2) is 12.4 Å². The SMILES string of the molecule is COCc1c(Br)c2ccccc2n1S(=O)(=O)c1ccc(C)cc1. The van der Waals surface area contributed by atoms with Gasteiger partial charge in [-0.15, -0.1) is 0 Å². The highest BCUT2D eigenvalue weighted by Gasteiger charge is 2.25. The summed E-state index contributed by atoms with van der Waals surface area (Å²) < 4.78 is 33.6. The number of hydrogen-bond acceptors (Lipinski definition) is 3. The average Bonchev–Trinajstić information content (AvgIpc) is 2.82. The van der Waals surface area contributed by atoms with E-state index in [4.69, 9.17) is 4.74 Å². The van der Waals surface area contributed by atoms with Crippen LogP contribution in [-0.4, -0.2) is 19.5 Å². The van der Waals surface area contributed by atoms with Crippen molar-refractivity contribution in [2.45, 2.75) is 18.4 Å². The van der Waals surface area contributed by atoms with E-state index in [1.54, 1.807) is 37.4 Å². The summed E-state index contributed by atoms with van der Waals surface area (Å²) in [6.07, 6.45) is 0. The highest BCUT2D eigenvalue weighted by molar-refractivity contribution is 9.10. The summed E-state index contributed by atoms with van der Waals surface area (Å²) in [5, 5.41) is 0.843. The van der Waals surface area contributed by atoms with Crippen molar-refractivity contribution in [3.05, 3.63) is 64.3 Å². The summed E-state index contributed by atoms with van der Waals surface area (Å²) in [4.78, 5) is 0.258. The number of para-hydroxylation sites is 1. The molecule has 0 unspecified atom stereocenters. The second kappa shape index (κ2) is 6.11. The smallest absolute Gasteiger partial charge is 0.268 e. The number of rotatable bonds is 4. The Morgan fingerprint density at radius 2 is 1.74 bits per heavy atom. The van der Waals surface area contributed by atoms with E-state index < -0.39 is 10.0 Å². The standard InChI is InChI=1S/C17H16BrNO3S/c1-12-7-9-13(10-8-12)23(20,21)19-15-6-4-3-5-14(15)17(18)16(19)11-22-2/h3-10H,11H2,1-2H3. The highest BCUT2D eigenvalue weighted by Crippen LogP contribution is 2.34. The first-order chi connectivity index (χ1) is 11.0. The molecular formula is C17H16BrNO3S. The predicted octanol–water partition coefficient (Wildman–Crippen LogP) is 4.10. The van der Waals surface area contributed by atoms with Gasteiger partial charge in [0.05, 0.1) is 22.7 Å². The molecule has 23 heavy (non-hydrogen) atoms. The Bertz CT molecular complexity index is 959.